The Labute approximate surface area is 219 Å². The van der Waals surface area contributed by atoms with Crippen molar-refractivity contribution in [2.24, 2.45) is 5.41 Å². The quantitative estimate of drug-likeness (QED) is 0.318. The topological polar surface area (TPSA) is 90.2 Å². The zero-order chi connectivity index (χ0) is 26.6. The highest BCUT2D eigenvalue weighted by atomic mass is 16.5. The summed E-state index contributed by atoms with van der Waals surface area (Å²) in [5.74, 6) is -1.03. The summed E-state index contributed by atoms with van der Waals surface area (Å²) < 4.78 is 18.5. The van der Waals surface area contributed by atoms with Crippen LogP contribution in [0.25, 0.3) is 10.9 Å². The molecule has 37 heavy (non-hydrogen) atoms. The molecule has 0 amide bonds. The normalized spacial score (nSPS) is 25.9. The summed E-state index contributed by atoms with van der Waals surface area (Å²) in [5, 5.41) is 13.2. The molecule has 1 aromatic heterocycles. The van der Waals surface area contributed by atoms with Gasteiger partial charge in [-0.25, -0.2) is 9.59 Å². The zero-order valence-electron chi connectivity index (χ0n) is 22.5. The average molecular weight is 513 g/mol. The summed E-state index contributed by atoms with van der Waals surface area (Å²) in [6.45, 7) is 6.29. The fraction of sp³-hybridized carbons (Fsp3) is 0.586. The van der Waals surface area contributed by atoms with Gasteiger partial charge in [-0.1, -0.05) is 38.5 Å². The van der Waals surface area contributed by atoms with E-state index >= 15 is 0 Å². The van der Waals surface area contributed by atoms with Crippen molar-refractivity contribution in [1.29, 1.82) is 0 Å². The molecule has 8 heteroatoms. The highest BCUT2D eigenvalue weighted by Crippen LogP contribution is 2.57. The number of nitrogens with zero attached hydrogens (tertiary/aromatic N) is 2. The van der Waals surface area contributed by atoms with Gasteiger partial charge in [0, 0.05) is 49.2 Å². The lowest BCUT2D eigenvalue weighted by molar-refractivity contribution is -0.199. The van der Waals surface area contributed by atoms with Crippen molar-refractivity contribution in [3.8, 4) is 0 Å². The van der Waals surface area contributed by atoms with Crippen molar-refractivity contribution < 1.29 is 28.9 Å². The molecule has 1 N–H and O–H groups in total. The molecule has 2 aliphatic rings. The smallest absolute Gasteiger partial charge is 0.359 e. The number of ether oxygens (including phenoxy) is 3. The van der Waals surface area contributed by atoms with Crippen LogP contribution in [0.3, 0.4) is 0 Å². The first-order chi connectivity index (χ1) is 17.8. The maximum Gasteiger partial charge on any atom is 0.359 e. The maximum absolute atomic E-state index is 13.3. The van der Waals surface area contributed by atoms with E-state index in [2.05, 4.69) is 18.7 Å². The SMILES string of the molecule is CCCCO[C@H]1c2c3c4ccccc4n2[C@@](O)(C(=O)OC)C[C@]1(CC)CCCN(/C=C/C(=O)OC)CC3. The Morgan fingerprint density at radius 1 is 1.16 bits per heavy atom. The van der Waals surface area contributed by atoms with Crippen LogP contribution in [-0.4, -0.2) is 60.4 Å². The molecule has 0 fully saturated rings. The Morgan fingerprint density at radius 2 is 1.95 bits per heavy atom. The van der Waals surface area contributed by atoms with Crippen molar-refractivity contribution in [1.82, 2.24) is 9.47 Å². The molecule has 8 nitrogen and oxygen atoms in total. The number of para-hydroxylation sites is 1. The van der Waals surface area contributed by atoms with Crippen LogP contribution < -0.4 is 0 Å². The van der Waals surface area contributed by atoms with Crippen LogP contribution in [0.4, 0.5) is 0 Å². The lowest BCUT2D eigenvalue weighted by atomic mass is 9.66. The maximum atomic E-state index is 13.3. The number of fused-ring (bicyclic) bond motifs is 4. The first kappa shape index (κ1) is 27.2. The first-order valence-corrected chi connectivity index (χ1v) is 13.4. The van der Waals surface area contributed by atoms with Gasteiger partial charge >= 0.3 is 11.9 Å². The monoisotopic (exact) mass is 512 g/mol. The fourth-order valence-electron chi connectivity index (χ4n) is 6.24. The van der Waals surface area contributed by atoms with E-state index in [-0.39, 0.29) is 18.5 Å². The third kappa shape index (κ3) is 4.89. The number of esters is 2. The minimum atomic E-state index is -1.83. The van der Waals surface area contributed by atoms with E-state index < -0.39 is 17.1 Å². The number of benzene rings is 1. The molecule has 0 unspecified atom stereocenters. The summed E-state index contributed by atoms with van der Waals surface area (Å²) in [4.78, 5) is 27.2. The van der Waals surface area contributed by atoms with Crippen LogP contribution in [0.15, 0.2) is 36.5 Å². The molecular formula is C29H40N2O6. The number of aromatic nitrogens is 1. The third-order valence-electron chi connectivity index (χ3n) is 8.18. The van der Waals surface area contributed by atoms with Crippen LogP contribution in [-0.2, 0) is 35.9 Å². The fourth-order valence-corrected chi connectivity index (χ4v) is 6.24. The molecule has 0 saturated heterocycles. The van der Waals surface area contributed by atoms with E-state index in [1.54, 1.807) is 4.57 Å². The summed E-state index contributed by atoms with van der Waals surface area (Å²) in [5.41, 5.74) is 0.439. The van der Waals surface area contributed by atoms with Gasteiger partial charge in [-0.05, 0) is 43.7 Å². The standard InChI is InChI=1S/C29H40N2O6/c1-5-7-19-37-26-25-22-13-17-30(18-14-24(32)35-3)16-10-15-28(26,6-2)20-29(34,27(33)36-4)31(25)23-12-9-8-11-21(22)23/h8-9,11-12,14,18,26,34H,5-7,10,13,15-17,19-20H2,1-4H3/b18-14+/t26-,28-,29-/m0/s1. The van der Waals surface area contributed by atoms with Crippen LogP contribution in [0.2, 0.25) is 0 Å². The second kappa shape index (κ2) is 11.3. The van der Waals surface area contributed by atoms with Crippen LogP contribution in [0.1, 0.15) is 69.7 Å². The molecule has 2 aromatic rings. The summed E-state index contributed by atoms with van der Waals surface area (Å²) in [6, 6.07) is 7.91. The summed E-state index contributed by atoms with van der Waals surface area (Å²) >= 11 is 0. The predicted octanol–water partition coefficient (Wildman–Crippen LogP) is 4.44. The zero-order valence-corrected chi connectivity index (χ0v) is 22.5. The number of aliphatic hydroxyl groups is 1. The van der Waals surface area contributed by atoms with Crippen molar-refractivity contribution in [3.05, 3.63) is 47.8 Å². The number of rotatable bonds is 8. The van der Waals surface area contributed by atoms with Gasteiger partial charge in [0.2, 0.25) is 5.72 Å². The van der Waals surface area contributed by atoms with Crippen molar-refractivity contribution >= 4 is 22.8 Å². The van der Waals surface area contributed by atoms with Gasteiger partial charge in [-0.2, -0.15) is 0 Å². The van der Waals surface area contributed by atoms with Crippen molar-refractivity contribution in [3.63, 3.8) is 0 Å². The van der Waals surface area contributed by atoms with E-state index in [0.717, 1.165) is 60.8 Å². The van der Waals surface area contributed by atoms with Gasteiger partial charge in [0.15, 0.2) is 0 Å². The second-order valence-electron chi connectivity index (χ2n) is 10.3. The van der Waals surface area contributed by atoms with Gasteiger partial charge in [-0.15, -0.1) is 0 Å². The Balaban J connectivity index is 1.95. The minimum Gasteiger partial charge on any atom is -0.466 e. The number of methoxy groups -OCH3 is 2. The average Bonchev–Trinajstić information content (AvgIpc) is 3.25. The number of unbranched alkanes of at least 4 members (excludes halogenated alkanes) is 1. The number of hydrogen-bond acceptors (Lipinski definition) is 7. The van der Waals surface area contributed by atoms with Gasteiger partial charge < -0.3 is 28.8 Å². The van der Waals surface area contributed by atoms with Crippen molar-refractivity contribution in [2.45, 2.75) is 70.6 Å². The van der Waals surface area contributed by atoms with Gasteiger partial charge in [0.05, 0.1) is 25.4 Å². The molecule has 0 aliphatic carbocycles. The first-order valence-electron chi connectivity index (χ1n) is 13.4. The summed E-state index contributed by atoms with van der Waals surface area (Å²) in [6.07, 6.45) is 8.17. The molecule has 202 valence electrons. The lowest BCUT2D eigenvalue weighted by Crippen LogP contribution is -2.54. The Kier molecular flexibility index (Phi) is 8.29. The van der Waals surface area contributed by atoms with Gasteiger partial charge in [0.1, 0.15) is 6.10 Å². The Morgan fingerprint density at radius 3 is 2.65 bits per heavy atom. The third-order valence-corrected chi connectivity index (χ3v) is 8.18. The molecule has 4 rings (SSSR count). The summed E-state index contributed by atoms with van der Waals surface area (Å²) in [7, 11) is 2.71. The highest BCUT2D eigenvalue weighted by Gasteiger charge is 2.57. The number of carbonyl (C=O) groups is 2. The van der Waals surface area contributed by atoms with E-state index in [9.17, 15) is 14.7 Å². The van der Waals surface area contributed by atoms with Gasteiger partial charge in [0.25, 0.3) is 0 Å². The van der Waals surface area contributed by atoms with E-state index in [0.29, 0.717) is 19.6 Å². The van der Waals surface area contributed by atoms with Crippen LogP contribution in [0, 0.1) is 5.41 Å². The Bertz CT molecular complexity index is 1160. The van der Waals surface area contributed by atoms with E-state index in [4.69, 9.17) is 14.2 Å². The number of carbonyl (C=O) groups excluding carboxylic acids is 2. The molecule has 3 atom stereocenters. The van der Waals surface area contributed by atoms with E-state index in [1.165, 1.54) is 20.3 Å². The van der Waals surface area contributed by atoms with Crippen LogP contribution in [0.5, 0.6) is 0 Å². The molecule has 3 heterocycles. The molecule has 0 radical (unpaired) electrons. The van der Waals surface area contributed by atoms with Gasteiger partial charge in [-0.3, -0.25) is 0 Å². The highest BCUT2D eigenvalue weighted by molar-refractivity contribution is 5.89. The molecule has 0 saturated carbocycles. The Hall–Kier alpha value is -2.84. The molecular weight excluding hydrogens is 472 g/mol. The largest absolute Gasteiger partial charge is 0.466 e. The lowest BCUT2D eigenvalue weighted by Gasteiger charge is -2.50. The van der Waals surface area contributed by atoms with Crippen molar-refractivity contribution in [2.75, 3.05) is 33.9 Å². The minimum absolute atomic E-state index is 0.211. The predicted molar refractivity (Wildman–Crippen MR) is 141 cm³/mol. The van der Waals surface area contributed by atoms with E-state index in [1.807, 2.05) is 30.5 Å². The molecule has 0 spiro atoms. The number of hydrogen-bond donors (Lipinski definition) is 1. The molecule has 2 aliphatic heterocycles. The molecule has 2 bridgehead atoms. The molecule has 1 aromatic carbocycles. The second-order valence-corrected chi connectivity index (χ2v) is 10.3. The van der Waals surface area contributed by atoms with Crippen LogP contribution >= 0.6 is 0 Å².